The third-order valence-electron chi connectivity index (χ3n) is 2.36. The van der Waals surface area contributed by atoms with Crippen molar-refractivity contribution in [2.75, 3.05) is 26.2 Å². The van der Waals surface area contributed by atoms with Gasteiger partial charge < -0.3 is 0 Å². The van der Waals surface area contributed by atoms with E-state index in [4.69, 9.17) is 4.94 Å². The van der Waals surface area contributed by atoms with Crippen LogP contribution in [-0.2, 0) is 4.94 Å². The summed E-state index contributed by atoms with van der Waals surface area (Å²) in [6, 6.07) is 0. The Hall–Kier alpha value is -0.120. The molecular formula is C8H16N2O. The van der Waals surface area contributed by atoms with Crippen molar-refractivity contribution in [2.45, 2.75) is 25.7 Å². The maximum Gasteiger partial charge on any atom is 0.0260 e. The Morgan fingerprint density at radius 1 is 0.636 bits per heavy atom. The van der Waals surface area contributed by atoms with Crippen molar-refractivity contribution in [3.63, 3.8) is 0 Å². The fourth-order valence-electron chi connectivity index (χ4n) is 1.70. The lowest BCUT2D eigenvalue weighted by molar-refractivity contribution is -0.309. The summed E-state index contributed by atoms with van der Waals surface area (Å²) < 4.78 is 0. The SMILES string of the molecule is C1CCN(ON2CCCC2)C1. The molecule has 2 fully saturated rings. The van der Waals surface area contributed by atoms with Gasteiger partial charge in [-0.1, -0.05) is 0 Å². The van der Waals surface area contributed by atoms with Crippen LogP contribution in [0.5, 0.6) is 0 Å². The molecule has 2 aliphatic heterocycles. The van der Waals surface area contributed by atoms with Crippen molar-refractivity contribution in [1.82, 2.24) is 10.1 Å². The summed E-state index contributed by atoms with van der Waals surface area (Å²) in [4.78, 5) is 5.64. The first-order valence-corrected chi connectivity index (χ1v) is 4.63. The molecule has 0 N–H and O–H groups in total. The lowest BCUT2D eigenvalue weighted by atomic mass is 10.4. The van der Waals surface area contributed by atoms with Gasteiger partial charge >= 0.3 is 0 Å². The van der Waals surface area contributed by atoms with E-state index in [1.807, 2.05) is 0 Å². The molecule has 0 unspecified atom stereocenters. The smallest absolute Gasteiger partial charge is 0.0260 e. The molecule has 0 spiro atoms. The summed E-state index contributed by atoms with van der Waals surface area (Å²) in [5.41, 5.74) is 0. The Labute approximate surface area is 67.8 Å². The highest BCUT2D eigenvalue weighted by Crippen LogP contribution is 2.13. The standard InChI is InChI=1S/C8H16N2O/c1-2-6-9(5-1)11-10-7-3-4-8-10/h1-8H2. The lowest BCUT2D eigenvalue weighted by Crippen LogP contribution is -2.31. The van der Waals surface area contributed by atoms with Gasteiger partial charge in [-0.15, -0.1) is 0 Å². The van der Waals surface area contributed by atoms with Gasteiger partial charge in [-0.2, -0.15) is 10.1 Å². The van der Waals surface area contributed by atoms with Crippen LogP contribution in [0.25, 0.3) is 0 Å². The van der Waals surface area contributed by atoms with Crippen LogP contribution in [0, 0.1) is 0 Å². The van der Waals surface area contributed by atoms with E-state index in [0.29, 0.717) is 0 Å². The minimum Gasteiger partial charge on any atom is -0.208 e. The zero-order chi connectivity index (χ0) is 7.52. The highest BCUT2D eigenvalue weighted by Gasteiger charge is 2.18. The number of rotatable bonds is 2. The monoisotopic (exact) mass is 156 g/mol. The minimum atomic E-state index is 1.12. The first-order chi connectivity index (χ1) is 5.45. The van der Waals surface area contributed by atoms with Gasteiger partial charge in [0.1, 0.15) is 0 Å². The molecule has 0 atom stereocenters. The van der Waals surface area contributed by atoms with Crippen LogP contribution >= 0.6 is 0 Å². The summed E-state index contributed by atoms with van der Waals surface area (Å²) in [6.07, 6.45) is 5.20. The average Bonchev–Trinajstić information content (AvgIpc) is 2.60. The van der Waals surface area contributed by atoms with Crippen LogP contribution < -0.4 is 0 Å². The van der Waals surface area contributed by atoms with Crippen molar-refractivity contribution in [3.8, 4) is 0 Å². The topological polar surface area (TPSA) is 15.7 Å². The third-order valence-corrected chi connectivity index (χ3v) is 2.36. The normalized spacial score (nSPS) is 28.4. The first kappa shape index (κ1) is 7.53. The Morgan fingerprint density at radius 3 is 1.36 bits per heavy atom. The van der Waals surface area contributed by atoms with E-state index >= 15 is 0 Å². The van der Waals surface area contributed by atoms with E-state index in [0.717, 1.165) is 26.2 Å². The predicted molar refractivity (Wildman–Crippen MR) is 42.7 cm³/mol. The molecule has 3 nitrogen and oxygen atoms in total. The van der Waals surface area contributed by atoms with Crippen LogP contribution in [0.4, 0.5) is 0 Å². The molecule has 0 aromatic rings. The molecule has 2 aliphatic rings. The highest BCUT2D eigenvalue weighted by molar-refractivity contribution is 4.60. The zero-order valence-electron chi connectivity index (χ0n) is 6.96. The molecule has 2 rings (SSSR count). The Kier molecular flexibility index (Phi) is 2.41. The van der Waals surface area contributed by atoms with Gasteiger partial charge in [-0.25, -0.2) is 4.94 Å². The number of nitrogens with zero attached hydrogens (tertiary/aromatic N) is 2. The minimum absolute atomic E-state index is 1.12. The van der Waals surface area contributed by atoms with E-state index in [-0.39, 0.29) is 0 Å². The molecule has 0 bridgehead atoms. The zero-order valence-corrected chi connectivity index (χ0v) is 6.96. The van der Waals surface area contributed by atoms with Crippen molar-refractivity contribution in [3.05, 3.63) is 0 Å². The second-order valence-electron chi connectivity index (χ2n) is 3.35. The van der Waals surface area contributed by atoms with Crippen LogP contribution in [0.1, 0.15) is 25.7 Å². The second-order valence-corrected chi connectivity index (χ2v) is 3.35. The summed E-state index contributed by atoms with van der Waals surface area (Å²) in [7, 11) is 0. The lowest BCUT2D eigenvalue weighted by Gasteiger charge is -2.21. The van der Waals surface area contributed by atoms with Crippen molar-refractivity contribution >= 4 is 0 Å². The molecule has 0 aliphatic carbocycles. The summed E-state index contributed by atoms with van der Waals surface area (Å²) in [5, 5.41) is 4.18. The highest BCUT2D eigenvalue weighted by atomic mass is 16.8. The average molecular weight is 156 g/mol. The maximum absolute atomic E-state index is 5.64. The first-order valence-electron chi connectivity index (χ1n) is 4.63. The summed E-state index contributed by atoms with van der Waals surface area (Å²) >= 11 is 0. The molecule has 64 valence electrons. The van der Waals surface area contributed by atoms with Crippen LogP contribution in [0.3, 0.4) is 0 Å². The number of hydrogen-bond acceptors (Lipinski definition) is 3. The van der Waals surface area contributed by atoms with Crippen molar-refractivity contribution < 1.29 is 4.94 Å². The fraction of sp³-hybridized carbons (Fsp3) is 1.00. The fourth-order valence-corrected chi connectivity index (χ4v) is 1.70. The van der Waals surface area contributed by atoms with Gasteiger partial charge in [-0.3, -0.25) is 0 Å². The van der Waals surface area contributed by atoms with E-state index in [9.17, 15) is 0 Å². The van der Waals surface area contributed by atoms with Gasteiger partial charge in [0.2, 0.25) is 0 Å². The molecule has 3 heteroatoms. The van der Waals surface area contributed by atoms with E-state index in [2.05, 4.69) is 10.1 Å². The summed E-state index contributed by atoms with van der Waals surface area (Å²) in [5.74, 6) is 0. The molecule has 0 amide bonds. The van der Waals surface area contributed by atoms with Gasteiger partial charge in [0, 0.05) is 26.2 Å². The van der Waals surface area contributed by atoms with Gasteiger partial charge in [0.25, 0.3) is 0 Å². The Balaban J connectivity index is 1.71. The quantitative estimate of drug-likeness (QED) is 0.593. The van der Waals surface area contributed by atoms with Gasteiger partial charge in [0.05, 0.1) is 0 Å². The third kappa shape index (κ3) is 1.92. The molecule has 0 saturated carbocycles. The predicted octanol–water partition coefficient (Wildman–Crippen LogP) is 1.02. The Bertz CT molecular complexity index is 103. The molecule has 0 aromatic carbocycles. The van der Waals surface area contributed by atoms with E-state index < -0.39 is 0 Å². The molecular weight excluding hydrogens is 140 g/mol. The van der Waals surface area contributed by atoms with Crippen LogP contribution in [0.15, 0.2) is 0 Å². The van der Waals surface area contributed by atoms with Crippen LogP contribution in [-0.4, -0.2) is 36.3 Å². The number of hydrogen-bond donors (Lipinski definition) is 0. The van der Waals surface area contributed by atoms with Crippen molar-refractivity contribution in [1.29, 1.82) is 0 Å². The summed E-state index contributed by atoms with van der Waals surface area (Å²) in [6.45, 7) is 4.49. The molecule has 2 heterocycles. The molecule has 2 saturated heterocycles. The van der Waals surface area contributed by atoms with Gasteiger partial charge in [-0.05, 0) is 25.7 Å². The maximum atomic E-state index is 5.64. The van der Waals surface area contributed by atoms with E-state index in [1.165, 1.54) is 25.7 Å². The largest absolute Gasteiger partial charge is 0.208 e. The van der Waals surface area contributed by atoms with Crippen molar-refractivity contribution in [2.24, 2.45) is 0 Å². The van der Waals surface area contributed by atoms with E-state index in [1.54, 1.807) is 0 Å². The van der Waals surface area contributed by atoms with Gasteiger partial charge in [0.15, 0.2) is 0 Å². The molecule has 0 aromatic heterocycles. The Morgan fingerprint density at radius 2 is 1.00 bits per heavy atom. The second kappa shape index (κ2) is 3.52. The molecule has 0 radical (unpaired) electrons. The molecule has 11 heavy (non-hydrogen) atoms. The van der Waals surface area contributed by atoms with Crippen LogP contribution in [0.2, 0.25) is 0 Å². The number of hydroxylamine groups is 4.